The van der Waals surface area contributed by atoms with Crippen molar-refractivity contribution in [3.05, 3.63) is 36.2 Å². The molecular weight excluding hydrogens is 204 g/mol. The topological polar surface area (TPSA) is 58.1 Å². The highest BCUT2D eigenvalue weighted by molar-refractivity contribution is 5.57. The zero-order valence-corrected chi connectivity index (χ0v) is 9.10. The van der Waals surface area contributed by atoms with Crippen LogP contribution in [0.3, 0.4) is 0 Å². The minimum Gasteiger partial charge on any atom is -0.494 e. The van der Waals surface area contributed by atoms with Gasteiger partial charge in [0.25, 0.3) is 0 Å². The maximum atomic E-state index is 8.94. The highest BCUT2D eigenvalue weighted by atomic mass is 16.5. The first-order chi connectivity index (χ1) is 7.83. The molecule has 1 aromatic heterocycles. The summed E-state index contributed by atoms with van der Waals surface area (Å²) in [7, 11) is 0. The van der Waals surface area contributed by atoms with E-state index in [-0.39, 0.29) is 6.61 Å². The smallest absolute Gasteiger partial charge is 0.137 e. The number of aromatic nitrogens is 2. The van der Waals surface area contributed by atoms with Crippen molar-refractivity contribution < 1.29 is 9.84 Å². The average Bonchev–Trinajstić information content (AvgIpc) is 2.78. The van der Waals surface area contributed by atoms with Crippen LogP contribution in [0.4, 0.5) is 0 Å². The van der Waals surface area contributed by atoms with Crippen LogP contribution in [-0.4, -0.2) is 21.7 Å². The normalized spacial score (nSPS) is 10.4. The predicted octanol–water partition coefficient (Wildman–Crippen LogP) is 1.97. The molecule has 2 aromatic rings. The molecule has 84 valence electrons. The summed E-state index contributed by atoms with van der Waals surface area (Å²) in [6.07, 6.45) is 1.63. The van der Waals surface area contributed by atoms with Gasteiger partial charge in [0.05, 0.1) is 25.1 Å². The number of rotatable bonds is 4. The number of benzene rings is 1. The second-order valence-corrected chi connectivity index (χ2v) is 3.38. The van der Waals surface area contributed by atoms with Crippen LogP contribution in [0.2, 0.25) is 0 Å². The van der Waals surface area contributed by atoms with Crippen LogP contribution in [0, 0.1) is 0 Å². The van der Waals surface area contributed by atoms with Gasteiger partial charge in [0, 0.05) is 5.56 Å². The van der Waals surface area contributed by atoms with Crippen LogP contribution >= 0.6 is 0 Å². The number of nitrogens with zero attached hydrogens (tertiary/aromatic N) is 1. The fourth-order valence-electron chi connectivity index (χ4n) is 1.49. The lowest BCUT2D eigenvalue weighted by Gasteiger charge is -2.04. The average molecular weight is 218 g/mol. The quantitative estimate of drug-likeness (QED) is 0.824. The van der Waals surface area contributed by atoms with E-state index in [0.29, 0.717) is 12.3 Å². The molecule has 0 atom stereocenters. The molecule has 0 aliphatic heterocycles. The fourth-order valence-corrected chi connectivity index (χ4v) is 1.49. The molecule has 1 aromatic carbocycles. The summed E-state index contributed by atoms with van der Waals surface area (Å²) < 4.78 is 5.41. The Morgan fingerprint density at radius 2 is 2.31 bits per heavy atom. The lowest BCUT2D eigenvalue weighted by Crippen LogP contribution is -1.91. The molecule has 0 fully saturated rings. The SMILES string of the molecule is CCOc1cccc(-c2ncc(CO)[nH]2)c1. The molecule has 2 rings (SSSR count). The standard InChI is InChI=1S/C12H14N2O2/c1-2-16-11-5-3-4-9(6-11)12-13-7-10(8-15)14-12/h3-7,15H,2,8H2,1H3,(H,13,14). The third-order valence-electron chi connectivity index (χ3n) is 2.22. The number of hydrogen-bond donors (Lipinski definition) is 2. The van der Waals surface area contributed by atoms with Crippen LogP contribution < -0.4 is 4.74 Å². The Labute approximate surface area is 93.9 Å². The van der Waals surface area contributed by atoms with Gasteiger partial charge in [-0.2, -0.15) is 0 Å². The maximum Gasteiger partial charge on any atom is 0.137 e. The predicted molar refractivity (Wildman–Crippen MR) is 61.1 cm³/mol. The third-order valence-corrected chi connectivity index (χ3v) is 2.22. The van der Waals surface area contributed by atoms with Crippen molar-refractivity contribution in [3.8, 4) is 17.1 Å². The molecule has 0 aliphatic carbocycles. The number of aliphatic hydroxyl groups is 1. The number of aliphatic hydroxyl groups excluding tert-OH is 1. The van der Waals surface area contributed by atoms with Crippen molar-refractivity contribution in [2.75, 3.05) is 6.61 Å². The third kappa shape index (κ3) is 2.23. The van der Waals surface area contributed by atoms with E-state index in [4.69, 9.17) is 9.84 Å². The Hall–Kier alpha value is -1.81. The highest BCUT2D eigenvalue weighted by Crippen LogP contribution is 2.21. The molecule has 0 spiro atoms. The molecule has 0 saturated carbocycles. The van der Waals surface area contributed by atoms with E-state index in [0.717, 1.165) is 17.1 Å². The number of aromatic amines is 1. The molecule has 0 unspecified atom stereocenters. The second kappa shape index (κ2) is 4.81. The van der Waals surface area contributed by atoms with E-state index in [2.05, 4.69) is 9.97 Å². The van der Waals surface area contributed by atoms with Gasteiger partial charge in [-0.25, -0.2) is 4.98 Å². The molecule has 0 amide bonds. The van der Waals surface area contributed by atoms with Gasteiger partial charge in [-0.3, -0.25) is 0 Å². The van der Waals surface area contributed by atoms with Crippen molar-refractivity contribution in [2.45, 2.75) is 13.5 Å². The van der Waals surface area contributed by atoms with E-state index in [1.165, 1.54) is 0 Å². The van der Waals surface area contributed by atoms with Crippen molar-refractivity contribution in [2.24, 2.45) is 0 Å². The van der Waals surface area contributed by atoms with Gasteiger partial charge in [0.2, 0.25) is 0 Å². The Morgan fingerprint density at radius 1 is 1.44 bits per heavy atom. The minimum absolute atomic E-state index is 0.0296. The summed E-state index contributed by atoms with van der Waals surface area (Å²) in [5, 5.41) is 8.94. The van der Waals surface area contributed by atoms with Gasteiger partial charge in [-0.1, -0.05) is 12.1 Å². The van der Waals surface area contributed by atoms with Gasteiger partial charge >= 0.3 is 0 Å². The number of hydrogen-bond acceptors (Lipinski definition) is 3. The largest absolute Gasteiger partial charge is 0.494 e. The fraction of sp³-hybridized carbons (Fsp3) is 0.250. The minimum atomic E-state index is -0.0296. The first kappa shape index (κ1) is 10.7. The highest BCUT2D eigenvalue weighted by Gasteiger charge is 2.03. The van der Waals surface area contributed by atoms with E-state index in [1.807, 2.05) is 31.2 Å². The molecule has 0 bridgehead atoms. The zero-order valence-electron chi connectivity index (χ0n) is 9.10. The van der Waals surface area contributed by atoms with Crippen LogP contribution in [0.1, 0.15) is 12.6 Å². The second-order valence-electron chi connectivity index (χ2n) is 3.38. The van der Waals surface area contributed by atoms with E-state index in [1.54, 1.807) is 6.20 Å². The van der Waals surface area contributed by atoms with Gasteiger partial charge < -0.3 is 14.8 Å². The van der Waals surface area contributed by atoms with Gasteiger partial charge in [0.15, 0.2) is 0 Å². The van der Waals surface area contributed by atoms with Gasteiger partial charge in [0.1, 0.15) is 11.6 Å². The summed E-state index contributed by atoms with van der Waals surface area (Å²) in [6, 6.07) is 7.69. The Balaban J connectivity index is 2.28. The molecule has 16 heavy (non-hydrogen) atoms. The Kier molecular flexibility index (Phi) is 3.22. The molecular formula is C12H14N2O2. The molecule has 0 aliphatic rings. The zero-order chi connectivity index (χ0) is 11.4. The lowest BCUT2D eigenvalue weighted by atomic mass is 10.2. The molecule has 0 saturated heterocycles. The molecule has 4 heteroatoms. The first-order valence-corrected chi connectivity index (χ1v) is 5.21. The van der Waals surface area contributed by atoms with Gasteiger partial charge in [-0.15, -0.1) is 0 Å². The van der Waals surface area contributed by atoms with Crippen molar-refractivity contribution >= 4 is 0 Å². The molecule has 4 nitrogen and oxygen atoms in total. The monoisotopic (exact) mass is 218 g/mol. The number of ether oxygens (including phenoxy) is 1. The molecule has 1 heterocycles. The maximum absolute atomic E-state index is 8.94. The van der Waals surface area contributed by atoms with Crippen LogP contribution in [-0.2, 0) is 6.61 Å². The van der Waals surface area contributed by atoms with Crippen molar-refractivity contribution in [3.63, 3.8) is 0 Å². The summed E-state index contributed by atoms with van der Waals surface area (Å²) in [5.41, 5.74) is 1.66. The lowest BCUT2D eigenvalue weighted by molar-refractivity contribution is 0.277. The number of H-pyrrole nitrogens is 1. The van der Waals surface area contributed by atoms with Crippen molar-refractivity contribution in [1.82, 2.24) is 9.97 Å². The summed E-state index contributed by atoms with van der Waals surface area (Å²) in [6.45, 7) is 2.56. The number of imidazole rings is 1. The van der Waals surface area contributed by atoms with Crippen LogP contribution in [0.15, 0.2) is 30.5 Å². The van der Waals surface area contributed by atoms with E-state index in [9.17, 15) is 0 Å². The van der Waals surface area contributed by atoms with Gasteiger partial charge in [-0.05, 0) is 19.1 Å². The first-order valence-electron chi connectivity index (χ1n) is 5.21. The Bertz CT molecular complexity index is 466. The molecule has 2 N–H and O–H groups in total. The van der Waals surface area contributed by atoms with Crippen LogP contribution in [0.25, 0.3) is 11.4 Å². The van der Waals surface area contributed by atoms with Crippen molar-refractivity contribution in [1.29, 1.82) is 0 Å². The van der Waals surface area contributed by atoms with Crippen LogP contribution in [0.5, 0.6) is 5.75 Å². The summed E-state index contributed by atoms with van der Waals surface area (Å²) in [5.74, 6) is 1.56. The number of nitrogens with one attached hydrogen (secondary N) is 1. The van der Waals surface area contributed by atoms with E-state index < -0.39 is 0 Å². The Morgan fingerprint density at radius 3 is 3.00 bits per heavy atom. The van der Waals surface area contributed by atoms with E-state index >= 15 is 0 Å². The molecule has 0 radical (unpaired) electrons. The summed E-state index contributed by atoms with van der Waals surface area (Å²) in [4.78, 5) is 7.22. The summed E-state index contributed by atoms with van der Waals surface area (Å²) >= 11 is 0.